The van der Waals surface area contributed by atoms with Crippen LogP contribution in [0.3, 0.4) is 0 Å². The van der Waals surface area contributed by atoms with E-state index in [2.05, 4.69) is 9.72 Å². The lowest BCUT2D eigenvalue weighted by Crippen LogP contribution is -1.99. The summed E-state index contributed by atoms with van der Waals surface area (Å²) in [5, 5.41) is 0.656. The molecule has 7 heteroatoms. The quantitative estimate of drug-likeness (QED) is 0.813. The van der Waals surface area contributed by atoms with Crippen LogP contribution in [0.2, 0.25) is 0 Å². The molecule has 1 aromatic heterocycles. The number of esters is 1. The molecule has 106 valence electrons. The third-order valence-corrected chi connectivity index (χ3v) is 5.01. The van der Waals surface area contributed by atoms with E-state index in [0.717, 1.165) is 11.8 Å². The van der Waals surface area contributed by atoms with Crippen LogP contribution in [0.1, 0.15) is 15.4 Å². The Morgan fingerprint density at radius 3 is 2.35 bits per heavy atom. The number of nitrogens with zero attached hydrogens (tertiary/aromatic N) is 1. The molecule has 0 saturated heterocycles. The minimum Gasteiger partial charge on any atom is -0.465 e. The molecular formula is C13H13NO4S2. The molecule has 0 bridgehead atoms. The van der Waals surface area contributed by atoms with Crippen LogP contribution in [0.5, 0.6) is 0 Å². The molecular weight excluding hydrogens is 298 g/mol. The second kappa shape index (κ2) is 5.34. The van der Waals surface area contributed by atoms with E-state index in [1.807, 2.05) is 0 Å². The highest BCUT2D eigenvalue weighted by atomic mass is 32.2. The largest absolute Gasteiger partial charge is 0.465 e. The van der Waals surface area contributed by atoms with Crippen molar-refractivity contribution in [2.45, 2.75) is 11.8 Å². The molecule has 0 radical (unpaired) electrons. The van der Waals surface area contributed by atoms with Crippen molar-refractivity contribution in [3.05, 3.63) is 34.8 Å². The zero-order valence-corrected chi connectivity index (χ0v) is 12.8. The molecule has 1 heterocycles. The molecule has 1 aromatic carbocycles. The van der Waals surface area contributed by atoms with Gasteiger partial charge >= 0.3 is 5.97 Å². The summed E-state index contributed by atoms with van der Waals surface area (Å²) in [4.78, 5) is 16.5. The van der Waals surface area contributed by atoms with Crippen LogP contribution in [0.25, 0.3) is 10.6 Å². The van der Waals surface area contributed by atoms with Crippen LogP contribution in [0.15, 0.2) is 29.2 Å². The first-order valence-corrected chi connectivity index (χ1v) is 8.40. The molecule has 0 spiro atoms. The minimum atomic E-state index is -3.21. The fraction of sp³-hybridized carbons (Fsp3) is 0.231. The number of thiazole rings is 1. The summed E-state index contributed by atoms with van der Waals surface area (Å²) >= 11 is 1.22. The number of carbonyl (C=O) groups is 1. The van der Waals surface area contributed by atoms with Crippen molar-refractivity contribution in [2.24, 2.45) is 0 Å². The Morgan fingerprint density at radius 1 is 1.25 bits per heavy atom. The molecule has 0 atom stereocenters. The third-order valence-electron chi connectivity index (χ3n) is 2.70. The Hall–Kier alpha value is -1.73. The zero-order chi connectivity index (χ0) is 14.9. The molecule has 0 saturated carbocycles. The smallest absolute Gasteiger partial charge is 0.349 e. The summed E-state index contributed by atoms with van der Waals surface area (Å²) < 4.78 is 27.5. The van der Waals surface area contributed by atoms with Crippen molar-refractivity contribution in [3.63, 3.8) is 0 Å². The van der Waals surface area contributed by atoms with E-state index in [1.54, 1.807) is 19.1 Å². The lowest BCUT2D eigenvalue weighted by Gasteiger charge is -1.99. The third kappa shape index (κ3) is 2.88. The summed E-state index contributed by atoms with van der Waals surface area (Å²) in [7, 11) is -1.89. The number of aromatic nitrogens is 1. The molecule has 2 rings (SSSR count). The highest BCUT2D eigenvalue weighted by Gasteiger charge is 2.16. The standard InChI is InChI=1S/C13H13NO4S2/c1-8-11(13(15)18-2)19-12(14-8)9-4-6-10(7-5-9)20(3,16)17/h4-7H,1-3H3. The van der Waals surface area contributed by atoms with Gasteiger partial charge in [0.2, 0.25) is 0 Å². The van der Waals surface area contributed by atoms with Gasteiger partial charge in [-0.2, -0.15) is 0 Å². The number of aryl methyl sites for hydroxylation is 1. The molecule has 0 unspecified atom stereocenters. The molecule has 0 aliphatic carbocycles. The van der Waals surface area contributed by atoms with Crippen molar-refractivity contribution in [1.29, 1.82) is 0 Å². The lowest BCUT2D eigenvalue weighted by atomic mass is 10.2. The maximum Gasteiger partial charge on any atom is 0.349 e. The maximum atomic E-state index is 11.5. The molecule has 0 fully saturated rings. The highest BCUT2D eigenvalue weighted by molar-refractivity contribution is 7.90. The van der Waals surface area contributed by atoms with Gasteiger partial charge in [-0.3, -0.25) is 0 Å². The Morgan fingerprint density at radius 2 is 1.85 bits per heavy atom. The van der Waals surface area contributed by atoms with E-state index in [-0.39, 0.29) is 4.90 Å². The average molecular weight is 311 g/mol. The normalized spacial score (nSPS) is 11.3. The molecule has 20 heavy (non-hydrogen) atoms. The minimum absolute atomic E-state index is 0.253. The van der Waals surface area contributed by atoms with Crippen molar-refractivity contribution < 1.29 is 17.9 Å². The van der Waals surface area contributed by atoms with Gasteiger partial charge in [-0.15, -0.1) is 11.3 Å². The highest BCUT2D eigenvalue weighted by Crippen LogP contribution is 2.29. The summed E-state index contributed by atoms with van der Waals surface area (Å²) in [6.07, 6.45) is 1.16. The summed E-state index contributed by atoms with van der Waals surface area (Å²) in [6, 6.07) is 6.41. The van der Waals surface area contributed by atoms with Gasteiger partial charge in [0.1, 0.15) is 9.88 Å². The fourth-order valence-corrected chi connectivity index (χ4v) is 3.27. The van der Waals surface area contributed by atoms with E-state index in [1.165, 1.54) is 30.6 Å². The summed E-state index contributed by atoms with van der Waals surface area (Å²) in [6.45, 7) is 1.73. The molecule has 2 aromatic rings. The number of benzene rings is 1. The number of rotatable bonds is 3. The van der Waals surface area contributed by atoms with E-state index in [0.29, 0.717) is 15.6 Å². The SMILES string of the molecule is COC(=O)c1sc(-c2ccc(S(C)(=O)=O)cc2)nc1C. The first kappa shape index (κ1) is 14.7. The predicted octanol–water partition coefficient (Wildman–Crippen LogP) is 2.31. The zero-order valence-electron chi connectivity index (χ0n) is 11.2. The number of ether oxygens (including phenoxy) is 1. The Labute approximate surface area is 121 Å². The second-order valence-corrected chi connectivity index (χ2v) is 7.24. The second-order valence-electron chi connectivity index (χ2n) is 4.22. The van der Waals surface area contributed by atoms with Gasteiger partial charge < -0.3 is 4.74 Å². The molecule has 0 aliphatic rings. The van der Waals surface area contributed by atoms with Gasteiger partial charge in [0.15, 0.2) is 9.84 Å². The van der Waals surface area contributed by atoms with Crippen molar-refractivity contribution in [3.8, 4) is 10.6 Å². The van der Waals surface area contributed by atoms with Crippen molar-refractivity contribution in [2.75, 3.05) is 13.4 Å². The maximum absolute atomic E-state index is 11.5. The molecule has 0 amide bonds. The Kier molecular flexibility index (Phi) is 3.92. The number of hydrogen-bond acceptors (Lipinski definition) is 6. The monoisotopic (exact) mass is 311 g/mol. The number of hydrogen-bond donors (Lipinski definition) is 0. The van der Waals surface area contributed by atoms with Crippen LogP contribution >= 0.6 is 11.3 Å². The van der Waals surface area contributed by atoms with Crippen LogP contribution < -0.4 is 0 Å². The average Bonchev–Trinajstić information content (AvgIpc) is 2.79. The Bertz CT molecular complexity index is 745. The van der Waals surface area contributed by atoms with Crippen LogP contribution in [0, 0.1) is 6.92 Å². The van der Waals surface area contributed by atoms with E-state index in [4.69, 9.17) is 0 Å². The first-order chi connectivity index (χ1) is 9.32. The van der Waals surface area contributed by atoms with Gasteiger partial charge in [-0.25, -0.2) is 18.2 Å². The van der Waals surface area contributed by atoms with Crippen LogP contribution in [0.4, 0.5) is 0 Å². The van der Waals surface area contributed by atoms with Gasteiger partial charge in [-0.05, 0) is 19.1 Å². The lowest BCUT2D eigenvalue weighted by molar-refractivity contribution is 0.0605. The predicted molar refractivity (Wildman–Crippen MR) is 76.7 cm³/mol. The van der Waals surface area contributed by atoms with E-state index in [9.17, 15) is 13.2 Å². The fourth-order valence-electron chi connectivity index (χ4n) is 1.65. The van der Waals surface area contributed by atoms with Crippen molar-refractivity contribution >= 4 is 27.1 Å². The molecule has 0 aliphatic heterocycles. The summed E-state index contributed by atoms with van der Waals surface area (Å²) in [5.74, 6) is -0.418. The van der Waals surface area contributed by atoms with Gasteiger partial charge in [0, 0.05) is 11.8 Å². The first-order valence-electron chi connectivity index (χ1n) is 5.69. The van der Waals surface area contributed by atoms with Crippen LogP contribution in [-0.4, -0.2) is 32.7 Å². The number of carbonyl (C=O) groups excluding carboxylic acids is 1. The molecule has 0 N–H and O–H groups in total. The van der Waals surface area contributed by atoms with Gasteiger partial charge in [-0.1, -0.05) is 12.1 Å². The number of methoxy groups -OCH3 is 1. The Balaban J connectivity index is 2.40. The summed E-state index contributed by atoms with van der Waals surface area (Å²) in [5.41, 5.74) is 1.37. The van der Waals surface area contributed by atoms with E-state index < -0.39 is 15.8 Å². The van der Waals surface area contributed by atoms with Gasteiger partial charge in [0.25, 0.3) is 0 Å². The number of sulfone groups is 1. The molecule has 5 nitrogen and oxygen atoms in total. The van der Waals surface area contributed by atoms with Crippen LogP contribution in [-0.2, 0) is 14.6 Å². The van der Waals surface area contributed by atoms with Gasteiger partial charge in [0.05, 0.1) is 17.7 Å². The van der Waals surface area contributed by atoms with E-state index >= 15 is 0 Å². The topological polar surface area (TPSA) is 73.3 Å². The van der Waals surface area contributed by atoms with Crippen molar-refractivity contribution in [1.82, 2.24) is 4.98 Å².